The van der Waals surface area contributed by atoms with Crippen LogP contribution in [0.5, 0.6) is 0 Å². The van der Waals surface area contributed by atoms with Crippen LogP contribution in [-0.2, 0) is 14.9 Å². The second-order valence-electron chi connectivity index (χ2n) is 10.8. The average molecular weight is 523 g/mol. The maximum Gasteiger partial charge on any atom is 0.279 e. The fraction of sp³-hybridized carbons (Fsp3) is 0.708. The zero-order valence-electron chi connectivity index (χ0n) is 21.7. The lowest BCUT2D eigenvalue weighted by molar-refractivity contribution is 0.0265. The van der Waals surface area contributed by atoms with Gasteiger partial charge in [0.2, 0.25) is 5.95 Å². The lowest BCUT2D eigenvalue weighted by Crippen LogP contribution is -2.50. The Hall–Kier alpha value is -2.12. The van der Waals surface area contributed by atoms with E-state index in [1.54, 1.807) is 37.8 Å². The number of anilines is 1. The van der Waals surface area contributed by atoms with Gasteiger partial charge in [0.1, 0.15) is 5.65 Å². The lowest BCUT2D eigenvalue weighted by Gasteiger charge is -2.33. The molecule has 2 aromatic heterocycles. The second-order valence-corrected chi connectivity index (χ2v) is 12.6. The van der Waals surface area contributed by atoms with Crippen LogP contribution >= 0.6 is 0 Å². The summed E-state index contributed by atoms with van der Waals surface area (Å²) in [6, 6.07) is 1.42. The van der Waals surface area contributed by atoms with E-state index in [1.807, 2.05) is 13.8 Å². The van der Waals surface area contributed by atoms with Crippen molar-refractivity contribution in [1.82, 2.24) is 23.6 Å². The van der Waals surface area contributed by atoms with Gasteiger partial charge in [0.25, 0.3) is 15.8 Å². The van der Waals surface area contributed by atoms with Crippen LogP contribution in [0.15, 0.2) is 17.1 Å². The first-order valence-corrected chi connectivity index (χ1v) is 13.9. The molecule has 4 rings (SSSR count). The van der Waals surface area contributed by atoms with E-state index in [0.717, 1.165) is 11.8 Å². The lowest BCUT2D eigenvalue weighted by atomic mass is 9.99. The molecule has 1 saturated carbocycles. The van der Waals surface area contributed by atoms with Crippen LogP contribution in [0.1, 0.15) is 64.5 Å². The number of nitrogens with zero attached hydrogens (tertiary/aromatic N) is 4. The number of hydrogen-bond acceptors (Lipinski definition) is 8. The largest absolute Gasteiger partial charge is 0.388 e. The van der Waals surface area contributed by atoms with Gasteiger partial charge in [-0.3, -0.25) is 9.36 Å². The Balaban J connectivity index is 1.49. The predicted octanol–water partition coefficient (Wildman–Crippen LogP) is 1.71. The molecule has 2 atom stereocenters. The normalized spacial score (nSPS) is 24.4. The van der Waals surface area contributed by atoms with Gasteiger partial charge in [0.05, 0.1) is 17.2 Å². The molecule has 3 heterocycles. The van der Waals surface area contributed by atoms with Gasteiger partial charge in [-0.25, -0.2) is 4.98 Å². The Kier molecular flexibility index (Phi) is 7.46. The third-order valence-electron chi connectivity index (χ3n) is 7.50. The van der Waals surface area contributed by atoms with Gasteiger partial charge in [-0.05, 0) is 65.9 Å². The van der Waals surface area contributed by atoms with E-state index < -0.39 is 21.4 Å². The summed E-state index contributed by atoms with van der Waals surface area (Å²) >= 11 is 0. The van der Waals surface area contributed by atoms with Crippen molar-refractivity contribution in [3.05, 3.63) is 28.2 Å². The molecular weight excluding hydrogens is 484 g/mol. The number of aromatic nitrogens is 3. The van der Waals surface area contributed by atoms with Crippen molar-refractivity contribution in [2.45, 2.75) is 83.1 Å². The van der Waals surface area contributed by atoms with E-state index in [2.05, 4.69) is 20.0 Å². The van der Waals surface area contributed by atoms with E-state index >= 15 is 0 Å². The van der Waals surface area contributed by atoms with Gasteiger partial charge in [-0.15, -0.1) is 0 Å². The highest BCUT2D eigenvalue weighted by molar-refractivity contribution is 7.87. The fourth-order valence-corrected chi connectivity index (χ4v) is 6.41. The van der Waals surface area contributed by atoms with Gasteiger partial charge in [-0.2, -0.15) is 22.4 Å². The molecule has 36 heavy (non-hydrogen) atoms. The van der Waals surface area contributed by atoms with Crippen LogP contribution in [0.25, 0.3) is 11.0 Å². The third kappa shape index (κ3) is 5.57. The van der Waals surface area contributed by atoms with E-state index in [1.165, 1.54) is 4.31 Å². The number of aryl methyl sites for hydroxylation is 1. The number of aliphatic hydroxyl groups is 1. The Bertz CT molecular complexity index is 1270. The number of pyridine rings is 1. The molecule has 2 aliphatic rings. The minimum atomic E-state index is -3.60. The van der Waals surface area contributed by atoms with E-state index in [0.29, 0.717) is 55.9 Å². The van der Waals surface area contributed by atoms with Crippen molar-refractivity contribution < 1.29 is 18.3 Å². The standard InChI is InChI=1S/C24H38N6O5S/c1-16-13-17-14-25-22(28-20(17)30(21(16)31)19-7-6-10-24(19,4)32)27-18-8-11-29(12-9-18)36(33,34)26-15-23(2,3)35-5/h13-14,18-19,26,32H,6-12,15H2,1-5H3,(H,25,27,28)/t19-,24-/m0/s1. The van der Waals surface area contributed by atoms with Crippen LogP contribution in [0.4, 0.5) is 5.95 Å². The molecular formula is C24H38N6O5S. The molecule has 1 aliphatic heterocycles. The Morgan fingerprint density at radius 2 is 1.97 bits per heavy atom. The maximum atomic E-state index is 13.1. The molecule has 0 unspecified atom stereocenters. The van der Waals surface area contributed by atoms with Gasteiger partial charge >= 0.3 is 0 Å². The average Bonchev–Trinajstić information content (AvgIpc) is 3.18. The maximum absolute atomic E-state index is 13.1. The van der Waals surface area contributed by atoms with Crippen molar-refractivity contribution in [3.63, 3.8) is 0 Å². The number of fused-ring (bicyclic) bond motifs is 1. The summed E-state index contributed by atoms with van der Waals surface area (Å²) in [6.07, 6.45) is 5.06. The summed E-state index contributed by atoms with van der Waals surface area (Å²) in [7, 11) is -2.05. The van der Waals surface area contributed by atoms with Crippen molar-refractivity contribution in [1.29, 1.82) is 0 Å². The van der Waals surface area contributed by atoms with E-state index in [4.69, 9.17) is 4.74 Å². The van der Waals surface area contributed by atoms with Crippen molar-refractivity contribution in [2.75, 3.05) is 32.1 Å². The highest BCUT2D eigenvalue weighted by Crippen LogP contribution is 2.39. The summed E-state index contributed by atoms with van der Waals surface area (Å²) in [5.74, 6) is 0.387. The van der Waals surface area contributed by atoms with Crippen LogP contribution in [0.2, 0.25) is 0 Å². The number of rotatable bonds is 8. The molecule has 11 nitrogen and oxygen atoms in total. The summed E-state index contributed by atoms with van der Waals surface area (Å²) in [6.45, 7) is 8.10. The molecule has 200 valence electrons. The SMILES string of the molecule is COC(C)(C)CNS(=O)(=O)N1CCC(Nc2ncc3cc(C)c(=O)n([C@H]4CCC[C@]4(C)O)c3n2)CC1. The van der Waals surface area contributed by atoms with Gasteiger partial charge in [-0.1, -0.05) is 0 Å². The van der Waals surface area contributed by atoms with E-state index in [-0.39, 0.29) is 24.2 Å². The van der Waals surface area contributed by atoms with Crippen LogP contribution in [-0.4, -0.2) is 76.4 Å². The van der Waals surface area contributed by atoms with Gasteiger partial charge in [0.15, 0.2) is 0 Å². The van der Waals surface area contributed by atoms with Gasteiger partial charge in [0, 0.05) is 49.9 Å². The van der Waals surface area contributed by atoms with Crippen LogP contribution in [0.3, 0.4) is 0 Å². The summed E-state index contributed by atoms with van der Waals surface area (Å²) in [5, 5.41) is 15.0. The number of nitrogens with one attached hydrogen (secondary N) is 2. The molecule has 0 spiro atoms. The molecule has 0 amide bonds. The Morgan fingerprint density at radius 3 is 2.58 bits per heavy atom. The first kappa shape index (κ1) is 26.9. The minimum absolute atomic E-state index is 0.00970. The smallest absolute Gasteiger partial charge is 0.279 e. The van der Waals surface area contributed by atoms with Crippen molar-refractivity contribution in [3.8, 4) is 0 Å². The zero-order chi connectivity index (χ0) is 26.3. The highest BCUT2D eigenvalue weighted by atomic mass is 32.2. The molecule has 1 aliphatic carbocycles. The fourth-order valence-electron chi connectivity index (χ4n) is 5.01. The van der Waals surface area contributed by atoms with E-state index in [9.17, 15) is 18.3 Å². The Morgan fingerprint density at radius 1 is 1.28 bits per heavy atom. The van der Waals surface area contributed by atoms with Crippen LogP contribution < -0.4 is 15.6 Å². The number of hydrogen-bond donors (Lipinski definition) is 3. The summed E-state index contributed by atoms with van der Waals surface area (Å²) in [4.78, 5) is 22.3. The number of methoxy groups -OCH3 is 1. The molecule has 3 N–H and O–H groups in total. The molecule has 2 aromatic rings. The quantitative estimate of drug-likeness (QED) is 0.476. The zero-order valence-corrected chi connectivity index (χ0v) is 22.6. The Labute approximate surface area is 212 Å². The molecule has 1 saturated heterocycles. The monoisotopic (exact) mass is 522 g/mol. The van der Waals surface area contributed by atoms with Gasteiger partial charge < -0.3 is 15.2 Å². The molecule has 0 radical (unpaired) electrons. The molecule has 2 fully saturated rings. The predicted molar refractivity (Wildman–Crippen MR) is 138 cm³/mol. The summed E-state index contributed by atoms with van der Waals surface area (Å²) < 4.78 is 36.4. The minimum Gasteiger partial charge on any atom is -0.388 e. The second kappa shape index (κ2) is 9.97. The molecule has 0 bridgehead atoms. The summed E-state index contributed by atoms with van der Waals surface area (Å²) in [5.41, 5.74) is -0.632. The van der Waals surface area contributed by atoms with Crippen LogP contribution in [0, 0.1) is 6.92 Å². The molecule has 0 aromatic carbocycles. The highest BCUT2D eigenvalue weighted by Gasteiger charge is 2.39. The van der Waals surface area contributed by atoms with Crippen molar-refractivity contribution in [2.24, 2.45) is 0 Å². The first-order chi connectivity index (χ1) is 16.8. The molecule has 12 heteroatoms. The van der Waals surface area contributed by atoms with Crippen molar-refractivity contribution >= 4 is 27.2 Å². The third-order valence-corrected chi connectivity index (χ3v) is 9.06. The number of piperidine rings is 1. The topological polar surface area (TPSA) is 139 Å². The first-order valence-electron chi connectivity index (χ1n) is 12.5. The number of ether oxygens (including phenoxy) is 1.